The highest BCUT2D eigenvalue weighted by molar-refractivity contribution is 5.99. The molecule has 8 N–H and O–H groups in total. The van der Waals surface area contributed by atoms with Crippen LogP contribution in [0.15, 0.2) is 60.8 Å². The van der Waals surface area contributed by atoms with Crippen LogP contribution in [0.4, 0.5) is 18.9 Å². The molecule has 0 spiro atoms. The molecule has 2 atom stereocenters. The van der Waals surface area contributed by atoms with E-state index in [0.717, 1.165) is 72.8 Å². The molecule has 0 aliphatic heterocycles. The molecule has 9 nitrogen and oxygen atoms in total. The monoisotopic (exact) mass is 628 g/mol. The highest BCUT2D eigenvalue weighted by Gasteiger charge is 2.35. The van der Waals surface area contributed by atoms with Crippen molar-refractivity contribution < 1.29 is 27.2 Å². The van der Waals surface area contributed by atoms with Crippen LogP contribution < -0.4 is 27.8 Å². The summed E-state index contributed by atoms with van der Waals surface area (Å²) in [7, 11) is 2.18. The first kappa shape index (κ1) is 34.3. The number of hydrogen-bond acceptors (Lipinski definition) is 6. The van der Waals surface area contributed by atoms with Gasteiger partial charge in [0, 0.05) is 30.8 Å². The number of nitrogens with one attached hydrogen (secondary N) is 2. The van der Waals surface area contributed by atoms with E-state index in [9.17, 15) is 22.8 Å². The number of nitrogens with two attached hydrogens (primary N) is 3. The lowest BCUT2D eigenvalue weighted by Gasteiger charge is -2.40. The van der Waals surface area contributed by atoms with E-state index in [4.69, 9.17) is 17.2 Å². The van der Waals surface area contributed by atoms with Gasteiger partial charge in [0.2, 0.25) is 11.8 Å². The minimum Gasteiger partial charge on any atom is -0.343 e. The lowest BCUT2D eigenvalue weighted by molar-refractivity contribution is -0.910. The summed E-state index contributed by atoms with van der Waals surface area (Å²) in [5, 5.41) is 6.42. The van der Waals surface area contributed by atoms with Gasteiger partial charge in [0.25, 0.3) is 0 Å². The normalized spacial score (nSPS) is 18.7. The maximum atomic E-state index is 13.5. The van der Waals surface area contributed by atoms with Crippen LogP contribution in [-0.4, -0.2) is 73.1 Å². The summed E-state index contributed by atoms with van der Waals surface area (Å²) in [6, 6.07) is 11.9. The summed E-state index contributed by atoms with van der Waals surface area (Å²) >= 11 is 0. The molecule has 1 fully saturated rings. The predicted octanol–water partition coefficient (Wildman–Crippen LogP) is 3.42. The van der Waals surface area contributed by atoms with E-state index in [2.05, 4.69) is 22.7 Å². The molecule has 3 aromatic rings. The van der Waals surface area contributed by atoms with Crippen molar-refractivity contribution in [3.05, 3.63) is 71.9 Å². The number of rotatable bonds is 13. The third-order valence-electron chi connectivity index (χ3n) is 8.95. The summed E-state index contributed by atoms with van der Waals surface area (Å²) in [6.45, 7) is 3.87. The van der Waals surface area contributed by atoms with Crippen LogP contribution in [0.3, 0.4) is 0 Å². The van der Waals surface area contributed by atoms with Crippen molar-refractivity contribution in [2.75, 3.05) is 45.1 Å². The molecule has 4 rings (SSSR count). The van der Waals surface area contributed by atoms with Crippen molar-refractivity contribution in [3.8, 4) is 0 Å². The molecule has 0 radical (unpaired) electrons. The quantitative estimate of drug-likeness (QED) is 0.183. The van der Waals surface area contributed by atoms with Gasteiger partial charge in [-0.1, -0.05) is 30.3 Å². The molecule has 2 aromatic carbocycles. The maximum Gasteiger partial charge on any atom is 0.416 e. The van der Waals surface area contributed by atoms with Gasteiger partial charge in [-0.15, -0.1) is 0 Å². The number of pyridine rings is 1. The molecule has 45 heavy (non-hydrogen) atoms. The first-order chi connectivity index (χ1) is 21.4. The van der Waals surface area contributed by atoms with Gasteiger partial charge in [0.1, 0.15) is 6.04 Å². The molecule has 1 aliphatic carbocycles. The van der Waals surface area contributed by atoms with E-state index in [1.54, 1.807) is 6.07 Å². The Balaban J connectivity index is 1.43. The van der Waals surface area contributed by atoms with E-state index in [1.165, 1.54) is 18.3 Å². The average Bonchev–Trinajstić information content (AvgIpc) is 3.00. The number of aromatic nitrogens is 1. The summed E-state index contributed by atoms with van der Waals surface area (Å²) < 4.78 is 40.2. The van der Waals surface area contributed by atoms with E-state index < -0.39 is 35.6 Å². The number of benzene rings is 2. The largest absolute Gasteiger partial charge is 0.416 e. The Morgan fingerprint density at radius 1 is 0.978 bits per heavy atom. The molecule has 0 bridgehead atoms. The molecule has 0 unspecified atom stereocenters. The van der Waals surface area contributed by atoms with Crippen LogP contribution in [-0.2, 0) is 22.2 Å². The van der Waals surface area contributed by atoms with Crippen LogP contribution in [0.5, 0.6) is 0 Å². The minimum atomic E-state index is -4.48. The Bertz CT molecular complexity index is 1420. The van der Waals surface area contributed by atoms with Crippen molar-refractivity contribution in [1.82, 2.24) is 10.3 Å². The molecule has 244 valence electrons. The Labute approximate surface area is 262 Å². The molecule has 0 saturated heterocycles. The minimum absolute atomic E-state index is 0.0189. The second-order valence-corrected chi connectivity index (χ2v) is 12.5. The number of carbonyl (C=O) groups is 2. The highest BCUT2D eigenvalue weighted by atomic mass is 19.4. The van der Waals surface area contributed by atoms with Crippen molar-refractivity contribution in [1.29, 1.82) is 0 Å². The van der Waals surface area contributed by atoms with Crippen molar-refractivity contribution in [2.24, 2.45) is 29.0 Å². The van der Waals surface area contributed by atoms with Gasteiger partial charge < -0.3 is 32.3 Å². The van der Waals surface area contributed by atoms with E-state index >= 15 is 0 Å². The zero-order valence-electron chi connectivity index (χ0n) is 25.7. The van der Waals surface area contributed by atoms with Gasteiger partial charge in [-0.25, -0.2) is 0 Å². The molecular weight excluding hydrogens is 583 g/mol. The number of halogens is 3. The fourth-order valence-electron chi connectivity index (χ4n) is 6.40. The van der Waals surface area contributed by atoms with E-state index in [1.807, 2.05) is 24.3 Å². The van der Waals surface area contributed by atoms with Crippen LogP contribution in [0.25, 0.3) is 10.9 Å². The Morgan fingerprint density at radius 3 is 2.24 bits per heavy atom. The van der Waals surface area contributed by atoms with Crippen molar-refractivity contribution in [2.45, 2.75) is 50.4 Å². The lowest BCUT2D eigenvalue weighted by atomic mass is 9.78. The second-order valence-electron chi connectivity index (χ2n) is 12.5. The summed E-state index contributed by atoms with van der Waals surface area (Å²) in [4.78, 5) is 31.3. The zero-order valence-corrected chi connectivity index (χ0v) is 25.7. The van der Waals surface area contributed by atoms with Gasteiger partial charge in [0.15, 0.2) is 0 Å². The molecular formula is C33H45F3N7O2+. The van der Waals surface area contributed by atoms with Crippen LogP contribution in [0.1, 0.15) is 36.8 Å². The fourth-order valence-corrected chi connectivity index (χ4v) is 6.40. The number of likely N-dealkylation sites (N-methyl/N-ethyl adjacent to an activating group) is 1. The van der Waals surface area contributed by atoms with Crippen molar-refractivity contribution in [3.63, 3.8) is 0 Å². The molecule has 1 saturated carbocycles. The first-order valence-corrected chi connectivity index (χ1v) is 15.5. The number of para-hydroxylation sites is 1. The van der Waals surface area contributed by atoms with Gasteiger partial charge in [-0.05, 0) is 61.4 Å². The Hall–Kier alpha value is -3.58. The predicted molar refractivity (Wildman–Crippen MR) is 170 cm³/mol. The molecule has 1 aromatic heterocycles. The number of nitrogens with zero attached hydrogens (tertiary/aromatic N) is 2. The van der Waals surface area contributed by atoms with E-state index in [-0.39, 0.29) is 12.3 Å². The van der Waals surface area contributed by atoms with Crippen molar-refractivity contribution >= 4 is 28.4 Å². The first-order valence-electron chi connectivity index (χ1n) is 15.5. The number of fused-ring (bicyclic) bond motifs is 1. The number of amides is 2. The number of quaternary nitrogens is 1. The third kappa shape index (κ3) is 9.46. The number of alkyl halides is 3. The third-order valence-corrected chi connectivity index (χ3v) is 8.95. The van der Waals surface area contributed by atoms with Crippen LogP contribution >= 0.6 is 0 Å². The average molecular weight is 629 g/mol. The summed E-state index contributed by atoms with van der Waals surface area (Å²) in [6.07, 6.45) is 0.441. The van der Waals surface area contributed by atoms with Gasteiger partial charge in [-0.2, -0.15) is 13.2 Å². The number of carbonyl (C=O) groups excluding carboxylic acids is 2. The molecule has 2 amide bonds. The van der Waals surface area contributed by atoms with Gasteiger partial charge in [0.05, 0.1) is 55.7 Å². The van der Waals surface area contributed by atoms with Gasteiger partial charge in [-0.3, -0.25) is 14.6 Å². The Kier molecular flexibility index (Phi) is 11.5. The topological polar surface area (TPSA) is 149 Å². The number of anilines is 1. The highest BCUT2D eigenvalue weighted by Crippen LogP contribution is 2.32. The molecule has 1 aliphatic rings. The fraction of sp³-hybridized carbons (Fsp3) is 0.485. The van der Waals surface area contributed by atoms with Crippen LogP contribution in [0, 0.1) is 11.8 Å². The Morgan fingerprint density at radius 2 is 1.62 bits per heavy atom. The zero-order chi connectivity index (χ0) is 32.6. The number of hydrogen-bond donors (Lipinski definition) is 5. The maximum absolute atomic E-state index is 13.5. The summed E-state index contributed by atoms with van der Waals surface area (Å²) in [5.74, 6) is -0.556. The molecule has 1 heterocycles. The smallest absolute Gasteiger partial charge is 0.343 e. The van der Waals surface area contributed by atoms with E-state index in [0.29, 0.717) is 30.3 Å². The molecule has 12 heteroatoms. The SMILES string of the molecule is C[N+](CCN)(CCN)CC1CCC([C@H](N)C(=O)N[C@@H](Cc2ccc(C(F)(F)F)cc2)C(=O)Nc2cnc3ccccc3c2)CC1. The standard InChI is InChI=1S/C33H44F3N7O2/c1-43(16-14-37,17-15-38)21-23-6-10-24(11-7-23)30(39)32(45)42-29(18-22-8-12-26(13-9-22)33(34,35)36)31(44)41-27-19-25-4-2-3-5-28(25)40-20-27/h2-5,8-9,12-13,19-20,23-24,29-30H,6-7,10-11,14-18,21,37-39H2,1H3,(H-,41,42,44,45)/p+1/t23?,24?,29-,30-/m0/s1. The second kappa shape index (κ2) is 15.1. The van der Waals surface area contributed by atoms with Gasteiger partial charge >= 0.3 is 6.18 Å². The summed E-state index contributed by atoms with van der Waals surface area (Å²) in [5.41, 5.74) is 19.0. The lowest BCUT2D eigenvalue weighted by Crippen LogP contribution is -2.54. The van der Waals surface area contributed by atoms with Crippen LogP contribution in [0.2, 0.25) is 0 Å².